The zero-order valence-corrected chi connectivity index (χ0v) is 20.5. The molecule has 36 heavy (non-hydrogen) atoms. The Kier molecular flexibility index (Phi) is 9.92. The lowest BCUT2D eigenvalue weighted by Crippen LogP contribution is -2.45. The molecule has 0 N–H and O–H groups in total. The highest BCUT2D eigenvalue weighted by atomic mass is 19.4. The van der Waals surface area contributed by atoms with Gasteiger partial charge in [-0.1, -0.05) is 87.6 Å². The number of allylic oxidation sites excluding steroid dienone is 1. The molecule has 2 aromatic rings. The first-order valence-electron chi connectivity index (χ1n) is 12.7. The van der Waals surface area contributed by atoms with Crippen molar-refractivity contribution >= 4 is 6.08 Å². The average molecular weight is 513 g/mol. The maximum atomic E-state index is 13.4. The molecule has 1 saturated carbocycles. The van der Waals surface area contributed by atoms with Crippen LogP contribution in [0, 0.1) is 11.8 Å². The standard InChI is InChI=1S/C29H34F6O/c1-2-3-4-5-6-21-7-9-22(10-8-21)11-12-23-13-15-24(16-14-23)25-17-19-26(20-18-25)36-29(34,35)27(30)28(31,32)33/h11-22,27H,2-10H2,1H3. The molecule has 1 aliphatic rings. The summed E-state index contributed by atoms with van der Waals surface area (Å²) in [6, 6.07) is 12.8. The van der Waals surface area contributed by atoms with Gasteiger partial charge in [-0.3, -0.25) is 0 Å². The summed E-state index contributed by atoms with van der Waals surface area (Å²) in [7, 11) is 0. The number of hydrogen-bond donors (Lipinski definition) is 0. The van der Waals surface area contributed by atoms with Crippen LogP contribution in [0.4, 0.5) is 26.3 Å². The first-order chi connectivity index (χ1) is 17.1. The maximum Gasteiger partial charge on any atom is 0.439 e. The average Bonchev–Trinajstić information content (AvgIpc) is 2.86. The third-order valence-corrected chi connectivity index (χ3v) is 6.85. The Balaban J connectivity index is 1.50. The predicted molar refractivity (Wildman–Crippen MR) is 132 cm³/mol. The summed E-state index contributed by atoms with van der Waals surface area (Å²) >= 11 is 0. The lowest BCUT2D eigenvalue weighted by atomic mass is 9.79. The lowest BCUT2D eigenvalue weighted by molar-refractivity contribution is -0.304. The second kappa shape index (κ2) is 12.7. The molecule has 0 radical (unpaired) electrons. The van der Waals surface area contributed by atoms with Crippen LogP contribution in [0.25, 0.3) is 17.2 Å². The van der Waals surface area contributed by atoms with Crippen LogP contribution in [0.15, 0.2) is 54.6 Å². The number of hydrogen-bond acceptors (Lipinski definition) is 1. The van der Waals surface area contributed by atoms with Crippen molar-refractivity contribution in [2.24, 2.45) is 11.8 Å². The first-order valence-corrected chi connectivity index (χ1v) is 12.7. The fourth-order valence-electron chi connectivity index (χ4n) is 4.68. The molecular weight excluding hydrogens is 478 g/mol. The molecular formula is C29H34F6O. The molecule has 198 valence electrons. The molecule has 0 bridgehead atoms. The second-order valence-corrected chi connectivity index (χ2v) is 9.70. The summed E-state index contributed by atoms with van der Waals surface area (Å²) in [4.78, 5) is 0. The summed E-state index contributed by atoms with van der Waals surface area (Å²) in [5, 5.41) is 0. The summed E-state index contributed by atoms with van der Waals surface area (Å²) in [5.41, 5.74) is 2.54. The van der Waals surface area contributed by atoms with Gasteiger partial charge in [0.05, 0.1) is 0 Å². The number of benzene rings is 2. The molecule has 1 fully saturated rings. The molecule has 0 amide bonds. The van der Waals surface area contributed by atoms with E-state index in [2.05, 4.69) is 23.8 Å². The zero-order chi connectivity index (χ0) is 26.2. The maximum absolute atomic E-state index is 13.4. The van der Waals surface area contributed by atoms with Gasteiger partial charge in [0, 0.05) is 0 Å². The van der Waals surface area contributed by atoms with Gasteiger partial charge in [-0.25, -0.2) is 4.39 Å². The van der Waals surface area contributed by atoms with Crippen LogP contribution in [0.5, 0.6) is 5.75 Å². The Morgan fingerprint density at radius 1 is 0.833 bits per heavy atom. The molecule has 3 rings (SSSR count). The molecule has 1 atom stereocenters. The summed E-state index contributed by atoms with van der Waals surface area (Å²) < 4.78 is 80.7. The molecule has 1 unspecified atom stereocenters. The fraction of sp³-hybridized carbons (Fsp3) is 0.517. The summed E-state index contributed by atoms with van der Waals surface area (Å²) in [5.74, 6) is 0.922. The Morgan fingerprint density at radius 2 is 1.42 bits per heavy atom. The van der Waals surface area contributed by atoms with E-state index in [-0.39, 0.29) is 0 Å². The van der Waals surface area contributed by atoms with Gasteiger partial charge in [0.2, 0.25) is 0 Å². The van der Waals surface area contributed by atoms with E-state index in [1.54, 1.807) is 0 Å². The summed E-state index contributed by atoms with van der Waals surface area (Å²) in [6.07, 6.45) is 1.00. The van der Waals surface area contributed by atoms with Crippen LogP contribution in [0.2, 0.25) is 0 Å². The molecule has 0 heterocycles. The highest BCUT2D eigenvalue weighted by Crippen LogP contribution is 2.37. The third-order valence-electron chi connectivity index (χ3n) is 6.85. The Hall–Kier alpha value is -2.44. The Bertz CT molecular complexity index is 941. The summed E-state index contributed by atoms with van der Waals surface area (Å²) in [6.45, 7) is 2.24. The van der Waals surface area contributed by atoms with Gasteiger partial charge < -0.3 is 4.74 Å². The number of halogens is 6. The largest absolute Gasteiger partial charge is 0.439 e. The van der Waals surface area contributed by atoms with Crippen LogP contribution < -0.4 is 4.74 Å². The zero-order valence-electron chi connectivity index (χ0n) is 20.5. The van der Waals surface area contributed by atoms with Crippen molar-refractivity contribution < 1.29 is 31.1 Å². The van der Waals surface area contributed by atoms with Crippen LogP contribution in [-0.4, -0.2) is 18.5 Å². The molecule has 1 aliphatic carbocycles. The smallest absolute Gasteiger partial charge is 0.430 e. The minimum absolute atomic E-state index is 0.550. The third kappa shape index (κ3) is 8.31. The van der Waals surface area contributed by atoms with Crippen molar-refractivity contribution in [3.63, 3.8) is 0 Å². The van der Waals surface area contributed by atoms with Gasteiger partial charge in [0.15, 0.2) is 0 Å². The normalized spacial score (nSPS) is 20.0. The van der Waals surface area contributed by atoms with Crippen molar-refractivity contribution in [2.75, 3.05) is 0 Å². The van der Waals surface area contributed by atoms with E-state index >= 15 is 0 Å². The lowest BCUT2D eigenvalue weighted by Gasteiger charge is -2.26. The molecule has 0 spiro atoms. The van der Waals surface area contributed by atoms with Gasteiger partial charge in [-0.05, 0) is 66.3 Å². The van der Waals surface area contributed by atoms with Crippen LogP contribution >= 0.6 is 0 Å². The SMILES string of the molecule is CCCCCCC1CCC(C=Cc2ccc(-c3ccc(OC(F)(F)C(F)C(F)(F)F)cc3)cc2)CC1. The molecule has 7 heteroatoms. The molecule has 2 aromatic carbocycles. The van der Waals surface area contributed by atoms with E-state index in [1.165, 1.54) is 69.9 Å². The molecule has 0 saturated heterocycles. The van der Waals surface area contributed by atoms with Gasteiger partial charge >= 0.3 is 12.3 Å². The number of rotatable bonds is 11. The van der Waals surface area contributed by atoms with Crippen molar-refractivity contribution in [3.05, 3.63) is 60.2 Å². The molecule has 1 nitrogen and oxygen atoms in total. The van der Waals surface area contributed by atoms with Crippen LogP contribution in [0.3, 0.4) is 0 Å². The fourth-order valence-corrected chi connectivity index (χ4v) is 4.68. The van der Waals surface area contributed by atoms with E-state index in [4.69, 9.17) is 0 Å². The first kappa shape index (κ1) is 28.1. The van der Waals surface area contributed by atoms with E-state index in [0.29, 0.717) is 11.5 Å². The molecule has 0 aliphatic heterocycles. The van der Waals surface area contributed by atoms with Crippen LogP contribution in [0.1, 0.15) is 70.3 Å². The van der Waals surface area contributed by atoms with Crippen molar-refractivity contribution in [2.45, 2.75) is 83.2 Å². The van der Waals surface area contributed by atoms with Crippen molar-refractivity contribution in [1.82, 2.24) is 0 Å². The number of unbranched alkanes of at least 4 members (excludes halogenated alkanes) is 3. The minimum atomic E-state index is -5.72. The van der Waals surface area contributed by atoms with Gasteiger partial charge in [-0.15, -0.1) is 0 Å². The predicted octanol–water partition coefficient (Wildman–Crippen LogP) is 10.0. The van der Waals surface area contributed by atoms with Crippen LogP contribution in [-0.2, 0) is 0 Å². The monoisotopic (exact) mass is 512 g/mol. The number of ether oxygens (including phenoxy) is 1. The Labute approximate surface area is 209 Å². The highest BCUT2D eigenvalue weighted by molar-refractivity contribution is 5.66. The quantitative estimate of drug-likeness (QED) is 0.215. The van der Waals surface area contributed by atoms with E-state index in [1.807, 2.05) is 24.3 Å². The van der Waals surface area contributed by atoms with E-state index in [9.17, 15) is 26.3 Å². The van der Waals surface area contributed by atoms with Gasteiger partial charge in [-0.2, -0.15) is 22.0 Å². The van der Waals surface area contributed by atoms with E-state index < -0.39 is 24.2 Å². The topological polar surface area (TPSA) is 9.23 Å². The molecule has 0 aromatic heterocycles. The van der Waals surface area contributed by atoms with Gasteiger partial charge in [0.25, 0.3) is 6.17 Å². The number of alkyl halides is 6. The van der Waals surface area contributed by atoms with Gasteiger partial charge in [0.1, 0.15) is 5.75 Å². The van der Waals surface area contributed by atoms with Crippen molar-refractivity contribution in [1.29, 1.82) is 0 Å². The van der Waals surface area contributed by atoms with Crippen molar-refractivity contribution in [3.8, 4) is 16.9 Å². The van der Waals surface area contributed by atoms with E-state index in [0.717, 1.165) is 29.2 Å². The highest BCUT2D eigenvalue weighted by Gasteiger charge is 2.59. The second-order valence-electron chi connectivity index (χ2n) is 9.70. The Morgan fingerprint density at radius 3 is 1.97 bits per heavy atom. The minimum Gasteiger partial charge on any atom is -0.430 e.